The number of anilines is 2. The zero-order chi connectivity index (χ0) is 13.1. The first-order chi connectivity index (χ1) is 8.56. The Morgan fingerprint density at radius 2 is 2.06 bits per heavy atom. The fourth-order valence-electron chi connectivity index (χ4n) is 2.54. The van der Waals surface area contributed by atoms with E-state index in [-0.39, 0.29) is 5.02 Å². The number of halogens is 2. The zero-order valence-corrected chi connectivity index (χ0v) is 11.4. The smallest absolute Gasteiger partial charge is 0.143 e. The molecular weight excluding hydrogens is 251 g/mol. The van der Waals surface area contributed by atoms with Gasteiger partial charge in [-0.2, -0.15) is 0 Å². The van der Waals surface area contributed by atoms with Crippen molar-refractivity contribution in [3.05, 3.63) is 23.0 Å². The molecule has 0 bridgehead atoms. The Morgan fingerprint density at radius 3 is 2.83 bits per heavy atom. The molecular formula is C14H20ClFN2. The monoisotopic (exact) mass is 270 g/mol. The molecule has 0 amide bonds. The first-order valence-electron chi connectivity index (χ1n) is 6.57. The van der Waals surface area contributed by atoms with Gasteiger partial charge in [-0.05, 0) is 31.2 Å². The van der Waals surface area contributed by atoms with Crippen molar-refractivity contribution in [1.82, 2.24) is 0 Å². The van der Waals surface area contributed by atoms with Gasteiger partial charge in [0, 0.05) is 12.1 Å². The number of hydrogen-bond donors (Lipinski definition) is 2. The highest BCUT2D eigenvalue weighted by Crippen LogP contribution is 2.30. The molecule has 0 aromatic heterocycles. The normalized spacial score (nSPS) is 24.6. The number of nitrogens with two attached hydrogens (primary N) is 1. The molecule has 0 saturated heterocycles. The molecule has 2 unspecified atom stereocenters. The van der Waals surface area contributed by atoms with Crippen LogP contribution < -0.4 is 11.1 Å². The third kappa shape index (κ3) is 3.29. The summed E-state index contributed by atoms with van der Waals surface area (Å²) in [7, 11) is 0. The summed E-state index contributed by atoms with van der Waals surface area (Å²) in [5.74, 6) is 0.333. The number of benzene rings is 1. The zero-order valence-electron chi connectivity index (χ0n) is 10.7. The van der Waals surface area contributed by atoms with Crippen LogP contribution >= 0.6 is 11.6 Å². The Labute approximate surface area is 113 Å². The van der Waals surface area contributed by atoms with Gasteiger partial charge in [0.05, 0.1) is 16.4 Å². The Hall–Kier alpha value is -0.960. The molecule has 4 heteroatoms. The lowest BCUT2D eigenvalue weighted by atomic mass is 10.0. The van der Waals surface area contributed by atoms with Crippen LogP contribution in [0.4, 0.5) is 15.8 Å². The molecule has 3 N–H and O–H groups in total. The number of nitrogens with one attached hydrogen (secondary N) is 1. The van der Waals surface area contributed by atoms with Gasteiger partial charge in [0.1, 0.15) is 5.82 Å². The summed E-state index contributed by atoms with van der Waals surface area (Å²) in [5.41, 5.74) is 6.99. The molecule has 2 rings (SSSR count). The van der Waals surface area contributed by atoms with E-state index >= 15 is 0 Å². The molecule has 0 spiro atoms. The number of hydrogen-bond acceptors (Lipinski definition) is 2. The summed E-state index contributed by atoms with van der Waals surface area (Å²) >= 11 is 5.79. The molecule has 18 heavy (non-hydrogen) atoms. The summed E-state index contributed by atoms with van der Waals surface area (Å²) in [6, 6.07) is 3.28. The van der Waals surface area contributed by atoms with Crippen LogP contribution in [0.1, 0.15) is 39.0 Å². The van der Waals surface area contributed by atoms with Crippen LogP contribution in [-0.4, -0.2) is 6.04 Å². The lowest BCUT2D eigenvalue weighted by Crippen LogP contribution is -2.19. The average molecular weight is 271 g/mol. The molecule has 0 aliphatic heterocycles. The topological polar surface area (TPSA) is 38.0 Å². The maximum absolute atomic E-state index is 13.2. The van der Waals surface area contributed by atoms with E-state index < -0.39 is 5.82 Å². The van der Waals surface area contributed by atoms with Gasteiger partial charge < -0.3 is 11.1 Å². The molecule has 1 aliphatic rings. The third-order valence-corrected chi connectivity index (χ3v) is 4.00. The number of rotatable bonds is 2. The van der Waals surface area contributed by atoms with Gasteiger partial charge >= 0.3 is 0 Å². The Kier molecular flexibility index (Phi) is 4.33. The van der Waals surface area contributed by atoms with Crippen molar-refractivity contribution in [2.75, 3.05) is 11.1 Å². The molecule has 2 nitrogen and oxygen atoms in total. The maximum atomic E-state index is 13.2. The van der Waals surface area contributed by atoms with Crippen LogP contribution in [0.5, 0.6) is 0 Å². The Morgan fingerprint density at radius 1 is 1.28 bits per heavy atom. The maximum Gasteiger partial charge on any atom is 0.143 e. The van der Waals surface area contributed by atoms with Crippen molar-refractivity contribution in [2.24, 2.45) is 5.92 Å². The largest absolute Gasteiger partial charge is 0.397 e. The summed E-state index contributed by atoms with van der Waals surface area (Å²) in [6.45, 7) is 2.30. The van der Waals surface area contributed by atoms with E-state index in [0.717, 1.165) is 24.4 Å². The molecule has 0 radical (unpaired) electrons. The summed E-state index contributed by atoms with van der Waals surface area (Å²) in [6.07, 6.45) is 6.02. The van der Waals surface area contributed by atoms with Crippen molar-refractivity contribution < 1.29 is 4.39 Å². The van der Waals surface area contributed by atoms with Crippen molar-refractivity contribution in [2.45, 2.75) is 45.1 Å². The third-order valence-electron chi connectivity index (χ3n) is 3.71. The summed E-state index contributed by atoms with van der Waals surface area (Å²) in [4.78, 5) is 0. The fraction of sp³-hybridized carbons (Fsp3) is 0.571. The lowest BCUT2D eigenvalue weighted by Gasteiger charge is -2.19. The van der Waals surface area contributed by atoms with E-state index in [9.17, 15) is 4.39 Å². The minimum absolute atomic E-state index is 0.119. The molecule has 1 saturated carbocycles. The van der Waals surface area contributed by atoms with E-state index in [0.29, 0.717) is 11.7 Å². The van der Waals surface area contributed by atoms with Crippen LogP contribution in [0.2, 0.25) is 5.02 Å². The molecule has 2 atom stereocenters. The van der Waals surface area contributed by atoms with E-state index in [2.05, 4.69) is 12.2 Å². The number of nitrogen functional groups attached to an aromatic ring is 1. The Balaban J connectivity index is 2.06. The SMILES string of the molecule is CC1CCCC(Nc2cc(Cl)c(F)cc2N)CC1. The average Bonchev–Trinajstić information content (AvgIpc) is 2.51. The van der Waals surface area contributed by atoms with Crippen molar-refractivity contribution in [3.8, 4) is 0 Å². The van der Waals surface area contributed by atoms with Crippen molar-refractivity contribution >= 4 is 23.0 Å². The summed E-state index contributed by atoms with van der Waals surface area (Å²) < 4.78 is 13.2. The van der Waals surface area contributed by atoms with Crippen LogP contribution in [-0.2, 0) is 0 Å². The van der Waals surface area contributed by atoms with Gasteiger partial charge in [0.2, 0.25) is 0 Å². The highest BCUT2D eigenvalue weighted by Gasteiger charge is 2.17. The minimum Gasteiger partial charge on any atom is -0.397 e. The highest BCUT2D eigenvalue weighted by atomic mass is 35.5. The van der Waals surface area contributed by atoms with Gasteiger partial charge in [0.25, 0.3) is 0 Å². The molecule has 0 heterocycles. The Bertz CT molecular complexity index is 423. The van der Waals surface area contributed by atoms with Gasteiger partial charge in [-0.15, -0.1) is 0 Å². The summed E-state index contributed by atoms with van der Waals surface area (Å²) in [5, 5.41) is 3.52. The predicted octanol–water partition coefficient (Wildman–Crippen LogP) is 4.44. The van der Waals surface area contributed by atoms with Gasteiger partial charge in [-0.3, -0.25) is 0 Å². The highest BCUT2D eigenvalue weighted by molar-refractivity contribution is 6.31. The van der Waals surface area contributed by atoms with E-state index in [1.165, 1.54) is 25.3 Å². The second kappa shape index (κ2) is 5.79. The predicted molar refractivity (Wildman–Crippen MR) is 75.5 cm³/mol. The molecule has 1 fully saturated rings. The van der Waals surface area contributed by atoms with Gasteiger partial charge in [-0.1, -0.05) is 31.4 Å². The molecule has 100 valence electrons. The fourth-order valence-corrected chi connectivity index (χ4v) is 2.70. The molecule has 1 aliphatic carbocycles. The van der Waals surface area contributed by atoms with Crippen LogP contribution in [0.15, 0.2) is 12.1 Å². The van der Waals surface area contributed by atoms with Crippen LogP contribution in [0, 0.1) is 11.7 Å². The molecule has 1 aromatic carbocycles. The standard InChI is InChI=1S/C14H20ClFN2/c1-9-3-2-4-10(6-5-9)18-14-7-11(15)12(16)8-13(14)17/h7-10,18H,2-6,17H2,1H3. The first kappa shape index (κ1) is 13.5. The van der Waals surface area contributed by atoms with Crippen molar-refractivity contribution in [1.29, 1.82) is 0 Å². The quantitative estimate of drug-likeness (QED) is 0.616. The molecule has 1 aromatic rings. The lowest BCUT2D eigenvalue weighted by molar-refractivity contribution is 0.502. The van der Waals surface area contributed by atoms with E-state index in [1.807, 2.05) is 0 Å². The van der Waals surface area contributed by atoms with E-state index in [4.69, 9.17) is 17.3 Å². The van der Waals surface area contributed by atoms with Crippen LogP contribution in [0.3, 0.4) is 0 Å². The van der Waals surface area contributed by atoms with Gasteiger partial charge in [0.15, 0.2) is 0 Å². The second-order valence-electron chi connectivity index (χ2n) is 5.31. The minimum atomic E-state index is -0.464. The second-order valence-corrected chi connectivity index (χ2v) is 5.72. The van der Waals surface area contributed by atoms with Gasteiger partial charge in [-0.25, -0.2) is 4.39 Å². The van der Waals surface area contributed by atoms with E-state index in [1.54, 1.807) is 6.07 Å². The first-order valence-corrected chi connectivity index (χ1v) is 6.95. The van der Waals surface area contributed by atoms with Crippen LogP contribution in [0.25, 0.3) is 0 Å². The van der Waals surface area contributed by atoms with Crippen molar-refractivity contribution in [3.63, 3.8) is 0 Å².